The molecule has 1 saturated carbocycles. The number of fused-ring (bicyclic) bond motifs is 1. The number of carbonyl (C=O) groups is 1. The molecule has 9 heteroatoms. The average Bonchev–Trinajstić information content (AvgIpc) is 2.97. The van der Waals surface area contributed by atoms with Crippen molar-refractivity contribution in [1.29, 1.82) is 0 Å². The zero-order chi connectivity index (χ0) is 18.3. The quantitative estimate of drug-likeness (QED) is 0.417. The maximum Gasteiger partial charge on any atom is 0.334 e. The molecule has 0 spiro atoms. The smallest absolute Gasteiger partial charge is 0.334 e. The molecule has 0 aromatic carbocycles. The van der Waals surface area contributed by atoms with Gasteiger partial charge in [-0.25, -0.2) is 4.79 Å². The first kappa shape index (κ1) is 18.6. The molecule has 0 amide bonds. The molecule has 1 aliphatic carbocycles. The third kappa shape index (κ3) is 3.27. The molecule has 142 valence electrons. The van der Waals surface area contributed by atoms with Crippen molar-refractivity contribution in [2.75, 3.05) is 6.61 Å². The van der Waals surface area contributed by atoms with E-state index in [-0.39, 0.29) is 23.3 Å². The molecule has 2 fully saturated rings. The largest absolute Gasteiger partial charge is 0.478 e. The Bertz CT molecular complexity index is 534. The number of aliphatic hydroxyl groups is 4. The van der Waals surface area contributed by atoms with E-state index in [1.165, 1.54) is 0 Å². The van der Waals surface area contributed by atoms with Gasteiger partial charge in [-0.1, -0.05) is 6.92 Å². The van der Waals surface area contributed by atoms with Crippen molar-refractivity contribution in [2.24, 2.45) is 17.8 Å². The van der Waals surface area contributed by atoms with Crippen LogP contribution in [0.15, 0.2) is 11.8 Å². The van der Waals surface area contributed by atoms with Gasteiger partial charge in [-0.3, -0.25) is 0 Å². The highest BCUT2D eigenvalue weighted by Gasteiger charge is 2.50. The molecule has 25 heavy (non-hydrogen) atoms. The van der Waals surface area contributed by atoms with Crippen molar-refractivity contribution in [3.05, 3.63) is 11.8 Å². The lowest BCUT2D eigenvalue weighted by Gasteiger charge is -2.43. The van der Waals surface area contributed by atoms with Crippen LogP contribution in [0.25, 0.3) is 0 Å². The molecular formula is C16H24O9. The van der Waals surface area contributed by atoms with Gasteiger partial charge in [0, 0.05) is 11.8 Å². The number of ether oxygens (including phenoxy) is 3. The van der Waals surface area contributed by atoms with Gasteiger partial charge >= 0.3 is 5.97 Å². The van der Waals surface area contributed by atoms with Crippen molar-refractivity contribution in [3.8, 4) is 0 Å². The number of carboxylic acids is 1. The van der Waals surface area contributed by atoms with Crippen molar-refractivity contribution < 1.29 is 44.5 Å². The van der Waals surface area contributed by atoms with Crippen LogP contribution in [-0.4, -0.2) is 75.1 Å². The van der Waals surface area contributed by atoms with Crippen LogP contribution in [0.2, 0.25) is 0 Å². The second-order valence-electron chi connectivity index (χ2n) is 6.95. The standard InChI is InChI=1S/C16H24O9/c1-6-2-3-7-8(14(21)22)5-23-15(10(6)7)25-16-13(20)12(19)11(18)9(4-17)24-16/h5-7,9-13,15-20H,2-4H2,1H3,(H,21,22)/t6-,7+,9+,10-,11+,12-,13+,15-,16-/m0/s1. The Morgan fingerprint density at radius 3 is 2.56 bits per heavy atom. The molecule has 0 aromatic rings. The van der Waals surface area contributed by atoms with Gasteiger partial charge in [0.2, 0.25) is 6.29 Å². The van der Waals surface area contributed by atoms with E-state index in [1.807, 2.05) is 6.92 Å². The lowest BCUT2D eigenvalue weighted by molar-refractivity contribution is -0.342. The SMILES string of the molecule is C[C@H]1CC[C@@H]2C(C(=O)O)=CO[C@@H](O[C@@H]3O[C@H](CO)[C@@H](O)[C@H](O)[C@H]3O)[C@H]21. The summed E-state index contributed by atoms with van der Waals surface area (Å²) in [6.45, 7) is 1.42. The van der Waals surface area contributed by atoms with E-state index in [2.05, 4.69) is 0 Å². The predicted molar refractivity (Wildman–Crippen MR) is 80.8 cm³/mol. The maximum absolute atomic E-state index is 11.4. The van der Waals surface area contributed by atoms with Crippen molar-refractivity contribution in [2.45, 2.75) is 56.8 Å². The first-order chi connectivity index (χ1) is 11.8. The molecule has 9 nitrogen and oxygen atoms in total. The second kappa shape index (κ2) is 7.18. The van der Waals surface area contributed by atoms with Gasteiger partial charge in [0.1, 0.15) is 24.4 Å². The van der Waals surface area contributed by atoms with Gasteiger partial charge in [-0.05, 0) is 18.8 Å². The van der Waals surface area contributed by atoms with E-state index in [0.29, 0.717) is 6.42 Å². The lowest BCUT2D eigenvalue weighted by Crippen LogP contribution is -2.60. The summed E-state index contributed by atoms with van der Waals surface area (Å²) in [6.07, 6.45) is -5.10. The highest BCUT2D eigenvalue weighted by atomic mass is 16.8. The summed E-state index contributed by atoms with van der Waals surface area (Å²) in [5, 5.41) is 48.3. The highest BCUT2D eigenvalue weighted by molar-refractivity contribution is 5.87. The summed E-state index contributed by atoms with van der Waals surface area (Å²) in [4.78, 5) is 11.4. The van der Waals surface area contributed by atoms with Crippen molar-refractivity contribution >= 4 is 5.97 Å². The Hall–Kier alpha value is -1.23. The second-order valence-corrected chi connectivity index (χ2v) is 6.95. The zero-order valence-corrected chi connectivity index (χ0v) is 13.8. The Kier molecular flexibility index (Phi) is 5.33. The minimum Gasteiger partial charge on any atom is -0.478 e. The molecule has 2 aliphatic heterocycles. The molecule has 3 aliphatic rings. The molecule has 9 atom stereocenters. The van der Waals surface area contributed by atoms with Crippen molar-refractivity contribution in [3.63, 3.8) is 0 Å². The molecule has 0 radical (unpaired) electrons. The molecule has 0 unspecified atom stereocenters. The summed E-state index contributed by atoms with van der Waals surface area (Å²) in [5.74, 6) is -1.35. The number of aliphatic hydroxyl groups excluding tert-OH is 4. The highest BCUT2D eigenvalue weighted by Crippen LogP contribution is 2.47. The lowest BCUT2D eigenvalue weighted by atomic mass is 9.83. The monoisotopic (exact) mass is 360 g/mol. The van der Waals surface area contributed by atoms with Gasteiger partial charge < -0.3 is 39.7 Å². The minimum absolute atomic E-state index is 0.142. The topological polar surface area (TPSA) is 146 Å². The first-order valence-electron chi connectivity index (χ1n) is 8.40. The fraction of sp³-hybridized carbons (Fsp3) is 0.812. The normalized spacial score (nSPS) is 46.9. The van der Waals surface area contributed by atoms with Crippen LogP contribution in [0.4, 0.5) is 0 Å². The van der Waals surface area contributed by atoms with E-state index in [9.17, 15) is 30.3 Å². The zero-order valence-electron chi connectivity index (χ0n) is 13.8. The Balaban J connectivity index is 1.77. The van der Waals surface area contributed by atoms with Gasteiger partial charge in [0.05, 0.1) is 18.4 Å². The first-order valence-corrected chi connectivity index (χ1v) is 8.40. The number of hydrogen-bond acceptors (Lipinski definition) is 8. The third-order valence-corrected chi connectivity index (χ3v) is 5.46. The molecule has 2 heterocycles. The van der Waals surface area contributed by atoms with Gasteiger partial charge in [-0.15, -0.1) is 0 Å². The van der Waals surface area contributed by atoms with Crippen LogP contribution in [0.1, 0.15) is 19.8 Å². The number of aliphatic carboxylic acids is 1. The number of rotatable bonds is 4. The number of hydrogen-bond donors (Lipinski definition) is 5. The van der Waals surface area contributed by atoms with Gasteiger partial charge in [-0.2, -0.15) is 0 Å². The molecule has 5 N–H and O–H groups in total. The Morgan fingerprint density at radius 1 is 1.20 bits per heavy atom. The fourth-order valence-electron chi connectivity index (χ4n) is 4.01. The molecule has 0 aromatic heterocycles. The van der Waals surface area contributed by atoms with E-state index in [0.717, 1.165) is 12.7 Å². The maximum atomic E-state index is 11.4. The van der Waals surface area contributed by atoms with E-state index >= 15 is 0 Å². The van der Waals surface area contributed by atoms with Gasteiger partial charge in [0.25, 0.3) is 0 Å². The minimum atomic E-state index is -1.54. The van der Waals surface area contributed by atoms with Crippen LogP contribution in [0.5, 0.6) is 0 Å². The summed E-state index contributed by atoms with van der Waals surface area (Å²) >= 11 is 0. The van der Waals surface area contributed by atoms with Crippen LogP contribution >= 0.6 is 0 Å². The van der Waals surface area contributed by atoms with E-state index in [1.54, 1.807) is 0 Å². The van der Waals surface area contributed by atoms with E-state index in [4.69, 9.17) is 14.2 Å². The summed E-state index contributed by atoms with van der Waals surface area (Å²) < 4.78 is 16.5. The third-order valence-electron chi connectivity index (χ3n) is 5.46. The predicted octanol–water partition coefficient (Wildman–Crippen LogP) is -1.21. The van der Waals surface area contributed by atoms with Crippen LogP contribution < -0.4 is 0 Å². The van der Waals surface area contributed by atoms with Crippen LogP contribution in [0, 0.1) is 17.8 Å². The Morgan fingerprint density at radius 2 is 1.92 bits per heavy atom. The average molecular weight is 360 g/mol. The van der Waals surface area contributed by atoms with Crippen LogP contribution in [0.3, 0.4) is 0 Å². The van der Waals surface area contributed by atoms with Gasteiger partial charge in [0.15, 0.2) is 6.29 Å². The molecule has 3 rings (SSSR count). The molecular weight excluding hydrogens is 336 g/mol. The van der Waals surface area contributed by atoms with E-state index < -0.39 is 49.6 Å². The van der Waals surface area contributed by atoms with Crippen LogP contribution in [-0.2, 0) is 19.0 Å². The summed E-state index contributed by atoms with van der Waals surface area (Å²) in [7, 11) is 0. The number of carboxylic acid groups (broad SMARTS) is 1. The molecule has 0 bridgehead atoms. The summed E-state index contributed by atoms with van der Waals surface area (Å²) in [5.41, 5.74) is 0.197. The van der Waals surface area contributed by atoms with Crippen molar-refractivity contribution in [1.82, 2.24) is 0 Å². The Labute approximate surface area is 144 Å². The summed E-state index contributed by atoms with van der Waals surface area (Å²) in [6, 6.07) is 0. The molecule has 1 saturated heterocycles. The fourth-order valence-corrected chi connectivity index (χ4v) is 4.01.